The smallest absolute Gasteiger partial charge is 0.348 e. The number of carbonyl (C=O) groups is 1. The van der Waals surface area contributed by atoms with E-state index in [0.29, 0.717) is 48.3 Å². The Morgan fingerprint density at radius 3 is 2.44 bits per heavy atom. The fraction of sp³-hybridized carbons (Fsp3) is 0.214. The van der Waals surface area contributed by atoms with Gasteiger partial charge >= 0.3 is 6.18 Å². The Morgan fingerprint density at radius 1 is 1.00 bits per heavy atom. The van der Waals surface area contributed by atoms with Gasteiger partial charge in [-0.2, -0.15) is 18.4 Å². The highest BCUT2D eigenvalue weighted by Gasteiger charge is 2.30. The molecule has 1 amide bonds. The van der Waals surface area contributed by atoms with E-state index in [2.05, 4.69) is 16.3 Å². The van der Waals surface area contributed by atoms with Crippen molar-refractivity contribution in [2.24, 2.45) is 0 Å². The number of nitrogens with zero attached hydrogens (tertiary/aromatic N) is 2. The minimum absolute atomic E-state index is 0.0567. The maximum Gasteiger partial charge on any atom is 0.416 e. The molecule has 0 bridgehead atoms. The fourth-order valence-corrected chi connectivity index (χ4v) is 4.26. The summed E-state index contributed by atoms with van der Waals surface area (Å²) in [5.41, 5.74) is 3.11. The van der Waals surface area contributed by atoms with E-state index in [1.807, 2.05) is 12.1 Å². The first kappa shape index (κ1) is 25.1. The zero-order chi connectivity index (χ0) is 25.7. The van der Waals surface area contributed by atoms with E-state index in [1.54, 1.807) is 24.3 Å². The van der Waals surface area contributed by atoms with Crippen LogP contribution < -0.4 is 5.32 Å². The molecule has 1 aliphatic rings. The highest BCUT2D eigenvalue weighted by Crippen LogP contribution is 2.30. The molecular weight excluding hydrogens is 470 g/mol. The molecular formula is C28H23F4N3O. The van der Waals surface area contributed by atoms with Crippen LogP contribution in [0.15, 0.2) is 78.4 Å². The number of hydrogen-bond acceptors (Lipinski definition) is 3. The van der Waals surface area contributed by atoms with E-state index in [9.17, 15) is 22.4 Å². The lowest BCUT2D eigenvalue weighted by Crippen LogP contribution is -2.37. The molecule has 0 fully saturated rings. The Bertz CT molecular complexity index is 1320. The van der Waals surface area contributed by atoms with E-state index in [-0.39, 0.29) is 12.5 Å². The molecule has 3 aromatic carbocycles. The van der Waals surface area contributed by atoms with Crippen molar-refractivity contribution < 1.29 is 22.4 Å². The van der Waals surface area contributed by atoms with E-state index in [4.69, 9.17) is 5.26 Å². The van der Waals surface area contributed by atoms with Gasteiger partial charge in [-0.15, -0.1) is 0 Å². The lowest BCUT2D eigenvalue weighted by molar-refractivity contribution is -0.137. The molecule has 1 heterocycles. The number of alkyl halides is 3. The first-order chi connectivity index (χ1) is 17.2. The van der Waals surface area contributed by atoms with Crippen molar-refractivity contribution in [1.29, 1.82) is 5.26 Å². The highest BCUT2D eigenvalue weighted by atomic mass is 19.4. The average molecular weight is 494 g/mol. The van der Waals surface area contributed by atoms with Crippen molar-refractivity contribution in [3.63, 3.8) is 0 Å². The molecule has 0 aromatic heterocycles. The summed E-state index contributed by atoms with van der Waals surface area (Å²) < 4.78 is 52.4. The van der Waals surface area contributed by atoms with Gasteiger partial charge in [0, 0.05) is 31.8 Å². The second kappa shape index (κ2) is 10.8. The van der Waals surface area contributed by atoms with E-state index in [0.717, 1.165) is 23.3 Å². The van der Waals surface area contributed by atoms with Crippen molar-refractivity contribution in [3.05, 3.63) is 112 Å². The SMILES string of the molecule is N#Cc1cccc(CN2CCC(c3cccc(F)c3)=C(C(=O)NCc3ccc(C(F)(F)F)cc3)C2)c1. The number of nitrogens with one attached hydrogen (secondary N) is 1. The average Bonchev–Trinajstić information content (AvgIpc) is 2.87. The van der Waals surface area contributed by atoms with E-state index >= 15 is 0 Å². The molecule has 184 valence electrons. The maximum absolute atomic E-state index is 13.9. The van der Waals surface area contributed by atoms with Gasteiger partial charge in [-0.25, -0.2) is 4.39 Å². The Hall–Kier alpha value is -3.96. The van der Waals surface area contributed by atoms with Crippen LogP contribution in [0, 0.1) is 17.1 Å². The minimum atomic E-state index is -4.43. The summed E-state index contributed by atoms with van der Waals surface area (Å²) >= 11 is 0. The molecule has 4 rings (SSSR count). The number of amides is 1. The second-order valence-electron chi connectivity index (χ2n) is 8.62. The van der Waals surface area contributed by atoms with Gasteiger partial charge in [-0.1, -0.05) is 36.4 Å². The van der Waals surface area contributed by atoms with Crippen LogP contribution in [0.5, 0.6) is 0 Å². The molecule has 0 saturated carbocycles. The van der Waals surface area contributed by atoms with Gasteiger partial charge in [-0.05, 0) is 65.1 Å². The van der Waals surface area contributed by atoms with Gasteiger partial charge < -0.3 is 5.32 Å². The zero-order valence-corrected chi connectivity index (χ0v) is 19.3. The van der Waals surface area contributed by atoms with Crippen LogP contribution >= 0.6 is 0 Å². The topological polar surface area (TPSA) is 56.1 Å². The number of hydrogen-bond donors (Lipinski definition) is 1. The third kappa shape index (κ3) is 6.18. The zero-order valence-electron chi connectivity index (χ0n) is 19.3. The molecule has 1 aliphatic heterocycles. The van der Waals surface area contributed by atoms with Gasteiger partial charge in [0.15, 0.2) is 0 Å². The first-order valence-corrected chi connectivity index (χ1v) is 11.4. The molecule has 0 spiro atoms. The normalized spacial score (nSPS) is 14.4. The van der Waals surface area contributed by atoms with Gasteiger partial charge in [0.1, 0.15) is 5.82 Å². The predicted octanol–water partition coefficient (Wildman–Crippen LogP) is 5.69. The number of carbonyl (C=O) groups excluding carboxylic acids is 1. The minimum Gasteiger partial charge on any atom is -0.348 e. The summed E-state index contributed by atoms with van der Waals surface area (Å²) in [6, 6.07) is 20.1. The third-order valence-electron chi connectivity index (χ3n) is 6.07. The molecule has 3 aromatic rings. The van der Waals surface area contributed by atoms with Crippen LogP contribution in [0.3, 0.4) is 0 Å². The van der Waals surface area contributed by atoms with Crippen molar-refractivity contribution >= 4 is 11.5 Å². The Kier molecular flexibility index (Phi) is 7.51. The summed E-state index contributed by atoms with van der Waals surface area (Å²) in [7, 11) is 0. The fourth-order valence-electron chi connectivity index (χ4n) is 4.26. The maximum atomic E-state index is 13.9. The molecule has 0 aliphatic carbocycles. The summed E-state index contributed by atoms with van der Waals surface area (Å²) in [4.78, 5) is 15.3. The highest BCUT2D eigenvalue weighted by molar-refractivity contribution is 6.02. The van der Waals surface area contributed by atoms with Crippen LogP contribution in [0.4, 0.5) is 17.6 Å². The lowest BCUT2D eigenvalue weighted by atomic mass is 9.92. The number of benzene rings is 3. The van der Waals surface area contributed by atoms with Crippen LogP contribution in [-0.2, 0) is 24.1 Å². The quantitative estimate of drug-likeness (QED) is 0.449. The Labute approximate surface area is 206 Å². The largest absolute Gasteiger partial charge is 0.416 e. The van der Waals surface area contributed by atoms with Crippen LogP contribution in [0.2, 0.25) is 0 Å². The Morgan fingerprint density at radius 2 is 1.75 bits per heavy atom. The number of rotatable bonds is 6. The van der Waals surface area contributed by atoms with Gasteiger partial charge in [-0.3, -0.25) is 9.69 Å². The predicted molar refractivity (Wildman–Crippen MR) is 128 cm³/mol. The van der Waals surface area contributed by atoms with Crippen LogP contribution in [0.25, 0.3) is 5.57 Å². The lowest BCUT2D eigenvalue weighted by Gasteiger charge is -2.31. The van der Waals surface area contributed by atoms with Crippen molar-refractivity contribution in [2.45, 2.75) is 25.7 Å². The summed E-state index contributed by atoms with van der Waals surface area (Å²) in [6.07, 6.45) is -3.91. The standard InChI is InChI=1S/C28H23F4N3O/c29-24-6-2-5-22(14-24)25-11-12-35(17-21-4-1-3-20(13-21)15-33)18-26(25)27(36)34-16-19-7-9-23(10-8-19)28(30,31)32/h1-10,13-14H,11-12,16-18H2,(H,34,36). The van der Waals surface area contributed by atoms with Crippen LogP contribution in [0.1, 0.15) is 34.2 Å². The Balaban J connectivity index is 1.54. The molecule has 0 radical (unpaired) electrons. The van der Waals surface area contributed by atoms with Crippen molar-refractivity contribution in [1.82, 2.24) is 10.2 Å². The molecule has 0 saturated heterocycles. The molecule has 36 heavy (non-hydrogen) atoms. The number of halogens is 4. The molecule has 4 nitrogen and oxygen atoms in total. The van der Waals surface area contributed by atoms with E-state index in [1.165, 1.54) is 24.3 Å². The molecule has 8 heteroatoms. The van der Waals surface area contributed by atoms with Gasteiger partial charge in [0.2, 0.25) is 5.91 Å². The summed E-state index contributed by atoms with van der Waals surface area (Å²) in [5.74, 6) is -0.759. The van der Waals surface area contributed by atoms with E-state index < -0.39 is 17.6 Å². The first-order valence-electron chi connectivity index (χ1n) is 11.4. The summed E-state index contributed by atoms with van der Waals surface area (Å²) in [6.45, 7) is 1.53. The van der Waals surface area contributed by atoms with Crippen molar-refractivity contribution in [2.75, 3.05) is 13.1 Å². The van der Waals surface area contributed by atoms with Gasteiger partial charge in [0.05, 0.1) is 17.2 Å². The second-order valence-corrected chi connectivity index (χ2v) is 8.62. The molecule has 1 N–H and O–H groups in total. The van der Waals surface area contributed by atoms with Crippen molar-refractivity contribution in [3.8, 4) is 6.07 Å². The number of nitriles is 1. The van der Waals surface area contributed by atoms with Gasteiger partial charge in [0.25, 0.3) is 0 Å². The monoisotopic (exact) mass is 493 g/mol. The molecule has 0 atom stereocenters. The van der Waals surface area contributed by atoms with Crippen LogP contribution in [-0.4, -0.2) is 23.9 Å². The molecule has 0 unspecified atom stereocenters. The summed E-state index contributed by atoms with van der Waals surface area (Å²) in [5, 5.41) is 12.0. The third-order valence-corrected chi connectivity index (χ3v) is 6.07.